The zero-order chi connectivity index (χ0) is 11.7. The maximum absolute atomic E-state index is 2.48. The van der Waals surface area contributed by atoms with Crippen LogP contribution in [0.1, 0.15) is 52.1 Å². The van der Waals surface area contributed by atoms with Gasteiger partial charge in [0.1, 0.15) is 0 Å². The van der Waals surface area contributed by atoms with Gasteiger partial charge in [0.15, 0.2) is 0 Å². The Bertz CT molecular complexity index is 429. The molecule has 2 rings (SSSR count). The standard InChI is InChI=1S/C15H19.Hf/c1-4-5-6-13-9-14-11(2)7-8-12(3)15(14)10-13;/h7-10H,4-6H2,1-3H3;. The molecule has 1 aromatic rings. The van der Waals surface area contributed by atoms with Crippen molar-refractivity contribution in [2.75, 3.05) is 0 Å². The summed E-state index contributed by atoms with van der Waals surface area (Å²) < 4.78 is 0.779. The second-order valence-corrected chi connectivity index (χ2v) is 6.86. The van der Waals surface area contributed by atoms with Gasteiger partial charge < -0.3 is 0 Å². The molecule has 0 bridgehead atoms. The van der Waals surface area contributed by atoms with Crippen LogP contribution in [-0.4, -0.2) is 0 Å². The summed E-state index contributed by atoms with van der Waals surface area (Å²) in [5.74, 6) is 0. The van der Waals surface area contributed by atoms with E-state index in [9.17, 15) is 0 Å². The van der Waals surface area contributed by atoms with Gasteiger partial charge in [-0.1, -0.05) is 0 Å². The third-order valence-corrected chi connectivity index (χ3v) is 5.90. The van der Waals surface area contributed by atoms with E-state index in [1.807, 2.05) is 0 Å². The molecule has 0 amide bonds. The van der Waals surface area contributed by atoms with E-state index in [0.717, 1.165) is 3.67 Å². The summed E-state index contributed by atoms with van der Waals surface area (Å²) in [6.07, 6.45) is 6.43. The quantitative estimate of drug-likeness (QED) is 0.681. The van der Waals surface area contributed by atoms with Gasteiger partial charge in [-0.15, -0.1) is 0 Å². The van der Waals surface area contributed by atoms with E-state index in [2.05, 4.69) is 39.0 Å². The molecule has 0 saturated carbocycles. The van der Waals surface area contributed by atoms with Crippen molar-refractivity contribution in [3.8, 4) is 0 Å². The van der Waals surface area contributed by atoms with Gasteiger partial charge in [0.25, 0.3) is 0 Å². The number of hydrogen-bond acceptors (Lipinski definition) is 0. The van der Waals surface area contributed by atoms with Crippen LogP contribution < -0.4 is 0 Å². The first-order valence-corrected chi connectivity index (χ1v) is 8.24. The second-order valence-electron chi connectivity index (χ2n) is 4.78. The van der Waals surface area contributed by atoms with Crippen LogP contribution >= 0.6 is 0 Å². The van der Waals surface area contributed by atoms with Crippen molar-refractivity contribution in [3.63, 3.8) is 0 Å². The van der Waals surface area contributed by atoms with Gasteiger partial charge in [-0.25, -0.2) is 0 Å². The van der Waals surface area contributed by atoms with Crippen LogP contribution in [0.2, 0.25) is 0 Å². The van der Waals surface area contributed by atoms with Crippen LogP contribution in [0.4, 0.5) is 0 Å². The Kier molecular flexibility index (Phi) is 3.84. The molecule has 0 N–H and O–H groups in total. The molecule has 0 radical (unpaired) electrons. The molecule has 1 heteroatoms. The zero-order valence-corrected chi connectivity index (χ0v) is 14.0. The van der Waals surface area contributed by atoms with Crippen LogP contribution in [0.5, 0.6) is 0 Å². The first kappa shape index (κ1) is 12.3. The number of allylic oxidation sites excluding steroid dienone is 1. The van der Waals surface area contributed by atoms with Crippen LogP contribution in [0.25, 0.3) is 6.08 Å². The normalized spacial score (nSPS) is 18.4. The number of aryl methyl sites for hydroxylation is 2. The number of benzene rings is 1. The van der Waals surface area contributed by atoms with Gasteiger partial charge in [0.2, 0.25) is 0 Å². The van der Waals surface area contributed by atoms with Crippen molar-refractivity contribution in [1.82, 2.24) is 0 Å². The Morgan fingerprint density at radius 1 is 1.19 bits per heavy atom. The Morgan fingerprint density at radius 3 is 2.50 bits per heavy atom. The Morgan fingerprint density at radius 2 is 1.88 bits per heavy atom. The first-order chi connectivity index (χ1) is 7.65. The van der Waals surface area contributed by atoms with Crippen LogP contribution in [-0.2, 0) is 24.4 Å². The third-order valence-electron chi connectivity index (χ3n) is 3.53. The Labute approximate surface area is 114 Å². The van der Waals surface area contributed by atoms with Crippen molar-refractivity contribution < 1.29 is 24.4 Å². The average Bonchev–Trinajstić information content (AvgIpc) is 2.60. The molecule has 1 aliphatic carbocycles. The predicted molar refractivity (Wildman–Crippen MR) is 66.2 cm³/mol. The van der Waals surface area contributed by atoms with Crippen LogP contribution in [0, 0.1) is 13.8 Å². The molecule has 83 valence electrons. The summed E-state index contributed by atoms with van der Waals surface area (Å²) in [6, 6.07) is 4.55. The topological polar surface area (TPSA) is 0 Å². The molecule has 0 aliphatic heterocycles. The summed E-state index contributed by atoms with van der Waals surface area (Å²) in [6.45, 7) is 6.78. The number of hydrogen-bond donors (Lipinski definition) is 0. The van der Waals surface area contributed by atoms with Gasteiger partial charge >= 0.3 is 114 Å². The van der Waals surface area contributed by atoms with Crippen molar-refractivity contribution in [2.45, 2.75) is 43.7 Å². The Balaban J connectivity index is 2.36. The molecule has 0 fully saturated rings. The van der Waals surface area contributed by atoms with Gasteiger partial charge in [-0.05, 0) is 0 Å². The van der Waals surface area contributed by atoms with E-state index in [1.165, 1.54) is 60.3 Å². The van der Waals surface area contributed by atoms with E-state index >= 15 is 0 Å². The Hall–Kier alpha value is -0.170. The van der Waals surface area contributed by atoms with Crippen LogP contribution in [0.15, 0.2) is 17.7 Å². The number of rotatable bonds is 3. The van der Waals surface area contributed by atoms with E-state index in [-0.39, 0.29) is 0 Å². The third kappa shape index (κ3) is 2.11. The predicted octanol–water partition coefficient (Wildman–Crippen LogP) is 4.48. The average molecular weight is 378 g/mol. The van der Waals surface area contributed by atoms with Gasteiger partial charge in [-0.3, -0.25) is 0 Å². The summed E-state index contributed by atoms with van der Waals surface area (Å²) in [5, 5.41) is 0. The fraction of sp³-hybridized carbons (Fsp3) is 0.467. The summed E-state index contributed by atoms with van der Waals surface area (Å²) in [4.78, 5) is 0. The molecular weight excluding hydrogens is 359 g/mol. The molecular formula is C15H19Hf. The van der Waals surface area contributed by atoms with Gasteiger partial charge in [-0.2, -0.15) is 0 Å². The molecule has 1 aliphatic rings. The zero-order valence-electron chi connectivity index (χ0n) is 10.4. The van der Waals surface area contributed by atoms with E-state index in [1.54, 1.807) is 11.1 Å². The minimum absolute atomic E-state index is 0.779. The van der Waals surface area contributed by atoms with Crippen molar-refractivity contribution in [3.05, 3.63) is 40.0 Å². The first-order valence-electron chi connectivity index (χ1n) is 6.16. The van der Waals surface area contributed by atoms with Gasteiger partial charge in [0, 0.05) is 0 Å². The van der Waals surface area contributed by atoms with E-state index < -0.39 is 0 Å². The monoisotopic (exact) mass is 379 g/mol. The SMILES string of the molecule is CCCCC1=Cc2c(C)ccc(C)c2[CH]1[Hf]. The van der Waals surface area contributed by atoms with Crippen molar-refractivity contribution in [1.29, 1.82) is 0 Å². The fourth-order valence-electron chi connectivity index (χ4n) is 2.48. The molecule has 0 heterocycles. The molecule has 1 aromatic carbocycles. The molecule has 1 unspecified atom stereocenters. The molecule has 16 heavy (non-hydrogen) atoms. The van der Waals surface area contributed by atoms with Crippen molar-refractivity contribution in [2.24, 2.45) is 0 Å². The van der Waals surface area contributed by atoms with Gasteiger partial charge in [0.05, 0.1) is 0 Å². The summed E-state index contributed by atoms with van der Waals surface area (Å²) in [7, 11) is 0. The fourth-order valence-corrected chi connectivity index (χ4v) is 4.68. The number of unbranched alkanes of at least 4 members (excludes halogenated alkanes) is 1. The van der Waals surface area contributed by atoms with E-state index in [0.29, 0.717) is 0 Å². The summed E-state index contributed by atoms with van der Waals surface area (Å²) >= 11 is 1.26. The number of fused-ring (bicyclic) bond motifs is 1. The van der Waals surface area contributed by atoms with Crippen molar-refractivity contribution >= 4 is 6.08 Å². The van der Waals surface area contributed by atoms with E-state index in [4.69, 9.17) is 0 Å². The second kappa shape index (κ2) is 5.00. The minimum atomic E-state index is 0.779. The molecule has 0 saturated heterocycles. The molecule has 0 spiro atoms. The summed E-state index contributed by atoms with van der Waals surface area (Å²) in [5.41, 5.74) is 7.81. The molecule has 1 atom stereocenters. The molecule has 0 nitrogen and oxygen atoms in total. The maximum atomic E-state index is 2.48. The van der Waals surface area contributed by atoms with Crippen LogP contribution in [0.3, 0.4) is 0 Å². The molecule has 0 aromatic heterocycles.